The van der Waals surface area contributed by atoms with E-state index in [0.29, 0.717) is 29.0 Å². The monoisotopic (exact) mass is 648 g/mol. The minimum atomic E-state index is -4.54. The van der Waals surface area contributed by atoms with Gasteiger partial charge in [0.1, 0.15) is 12.6 Å². The number of halogens is 5. The Morgan fingerprint density at radius 3 is 2.48 bits per heavy atom. The molecular weight excluding hydrogens is 603 g/mol. The lowest BCUT2D eigenvalue weighted by molar-refractivity contribution is -0.227. The lowest BCUT2D eigenvalue weighted by atomic mass is 9.79. The van der Waals surface area contributed by atoms with E-state index >= 15 is 0 Å². The highest BCUT2D eigenvalue weighted by molar-refractivity contribution is 6.76. The van der Waals surface area contributed by atoms with Gasteiger partial charge in [0.2, 0.25) is 11.8 Å². The first-order valence-corrected chi connectivity index (χ1v) is 19.0. The number of carbonyl (C=O) groups excluding carboxylic acids is 1. The third-order valence-electron chi connectivity index (χ3n) is 8.11. The Morgan fingerprint density at radius 2 is 1.89 bits per heavy atom. The van der Waals surface area contributed by atoms with Gasteiger partial charge in [0.15, 0.2) is 6.10 Å². The minimum Gasteiger partial charge on any atom is -0.376 e. The Balaban J connectivity index is 1.58. The van der Waals surface area contributed by atoms with Gasteiger partial charge in [-0.25, -0.2) is 13.8 Å². The van der Waals surface area contributed by atoms with Crippen LogP contribution < -0.4 is 11.1 Å². The molecule has 0 radical (unpaired) electrons. The minimum absolute atomic E-state index is 0.00832. The van der Waals surface area contributed by atoms with Gasteiger partial charge in [-0.05, 0) is 56.3 Å². The van der Waals surface area contributed by atoms with E-state index in [4.69, 9.17) is 24.9 Å². The van der Waals surface area contributed by atoms with Crippen LogP contribution in [0.4, 0.5) is 22.0 Å². The predicted molar refractivity (Wildman–Crippen MR) is 159 cm³/mol. The second-order valence-corrected chi connectivity index (χ2v) is 19.2. The van der Waals surface area contributed by atoms with Crippen molar-refractivity contribution in [2.75, 3.05) is 13.2 Å². The van der Waals surface area contributed by atoms with Crippen LogP contribution in [0.5, 0.6) is 0 Å². The largest absolute Gasteiger partial charge is 0.414 e. The third kappa shape index (κ3) is 9.68. The Bertz CT molecular complexity index is 1270. The number of nitrogens with zero attached hydrogens (tertiary/aromatic N) is 2. The summed E-state index contributed by atoms with van der Waals surface area (Å²) in [5, 5.41) is 2.95. The molecule has 3 N–H and O–H groups in total. The molecule has 1 amide bonds. The number of hydrogen-bond acceptors (Lipinski definition) is 6. The Kier molecular flexibility index (Phi) is 10.8. The number of rotatable bonds is 16. The van der Waals surface area contributed by atoms with Crippen LogP contribution >= 0.6 is 0 Å². The van der Waals surface area contributed by atoms with Gasteiger partial charge in [0.25, 0.3) is 0 Å². The molecule has 4 rings (SSSR count). The molecule has 0 aliphatic heterocycles. The molecule has 2 aliphatic rings. The van der Waals surface area contributed by atoms with Crippen molar-refractivity contribution >= 4 is 25.0 Å². The van der Waals surface area contributed by atoms with E-state index in [1.165, 1.54) is 6.92 Å². The molecule has 0 spiro atoms. The van der Waals surface area contributed by atoms with Crippen LogP contribution in [-0.4, -0.2) is 67.2 Å². The average Bonchev–Trinajstić information content (AvgIpc) is 3.65. The number of benzene rings is 1. The van der Waals surface area contributed by atoms with E-state index in [2.05, 4.69) is 25.0 Å². The van der Waals surface area contributed by atoms with Crippen molar-refractivity contribution in [3.8, 4) is 0 Å². The average molecular weight is 649 g/mol. The Hall–Kier alpha value is -2.13. The van der Waals surface area contributed by atoms with Crippen molar-refractivity contribution in [3.63, 3.8) is 0 Å². The van der Waals surface area contributed by atoms with Crippen LogP contribution in [0.2, 0.25) is 25.7 Å². The number of ether oxygens (including phenoxy) is 3. The molecule has 4 atom stereocenters. The lowest BCUT2D eigenvalue weighted by Crippen LogP contribution is -2.40. The van der Waals surface area contributed by atoms with E-state index < -0.39 is 44.5 Å². The predicted octanol–water partition coefficient (Wildman–Crippen LogP) is 6.48. The summed E-state index contributed by atoms with van der Waals surface area (Å²) in [6.45, 7) is 9.93. The normalized spacial score (nSPS) is 20.2. The summed E-state index contributed by atoms with van der Waals surface area (Å²) >= 11 is 0. The van der Waals surface area contributed by atoms with Gasteiger partial charge in [0.05, 0.1) is 41.9 Å². The van der Waals surface area contributed by atoms with Crippen molar-refractivity contribution in [2.24, 2.45) is 11.7 Å². The molecule has 2 aromatic rings. The molecular formula is C30H45F5N4O4Si. The summed E-state index contributed by atoms with van der Waals surface area (Å²) in [6.07, 6.45) is -6.13. The van der Waals surface area contributed by atoms with E-state index in [-0.39, 0.29) is 50.5 Å². The molecule has 248 valence electrons. The van der Waals surface area contributed by atoms with E-state index in [9.17, 15) is 26.7 Å². The van der Waals surface area contributed by atoms with Crippen molar-refractivity contribution in [2.45, 2.75) is 121 Å². The van der Waals surface area contributed by atoms with E-state index in [0.717, 1.165) is 25.8 Å². The molecule has 0 unspecified atom stereocenters. The maximum absolute atomic E-state index is 13.3. The Labute approximate surface area is 256 Å². The van der Waals surface area contributed by atoms with Gasteiger partial charge in [-0.3, -0.25) is 4.79 Å². The fourth-order valence-electron chi connectivity index (χ4n) is 5.13. The van der Waals surface area contributed by atoms with Crippen LogP contribution in [0.25, 0.3) is 11.0 Å². The number of nitrogens with two attached hydrogens (primary N) is 1. The molecule has 2 saturated carbocycles. The maximum Gasteiger partial charge on any atom is 0.414 e. The van der Waals surface area contributed by atoms with Gasteiger partial charge in [0, 0.05) is 33.9 Å². The van der Waals surface area contributed by atoms with Gasteiger partial charge >= 0.3 is 6.18 Å². The molecule has 44 heavy (non-hydrogen) atoms. The van der Waals surface area contributed by atoms with Gasteiger partial charge < -0.3 is 29.8 Å². The maximum atomic E-state index is 13.3. The number of aromatic nitrogens is 2. The molecule has 1 aromatic carbocycles. The van der Waals surface area contributed by atoms with Gasteiger partial charge in [-0.1, -0.05) is 25.7 Å². The van der Waals surface area contributed by atoms with Gasteiger partial charge in [-0.15, -0.1) is 0 Å². The van der Waals surface area contributed by atoms with Crippen molar-refractivity contribution in [1.82, 2.24) is 14.9 Å². The first-order chi connectivity index (χ1) is 20.4. The SMILES string of the molecule is C[C@H](O[C@H](C)[C@H](N)c1nc2cc([C@@H](COC3CC3)NC(=O)CC3CC(F)(F)C3)ccc2n1COCC[Si](C)(C)C)C(F)(F)F. The van der Waals surface area contributed by atoms with Crippen LogP contribution in [0, 0.1) is 5.92 Å². The zero-order chi connectivity index (χ0) is 32.4. The van der Waals surface area contributed by atoms with Crippen molar-refractivity contribution in [1.29, 1.82) is 0 Å². The number of nitrogens with one attached hydrogen (secondary N) is 1. The molecule has 1 heterocycles. The highest BCUT2D eigenvalue weighted by atomic mass is 28.3. The number of imidazole rings is 1. The number of hydrogen-bond donors (Lipinski definition) is 2. The number of carbonyl (C=O) groups is 1. The molecule has 0 bridgehead atoms. The lowest BCUT2D eigenvalue weighted by Gasteiger charge is -2.34. The number of alkyl halides is 5. The molecule has 14 heteroatoms. The summed E-state index contributed by atoms with van der Waals surface area (Å²) in [7, 11) is -1.37. The van der Waals surface area contributed by atoms with Gasteiger partial charge in [-0.2, -0.15) is 13.2 Å². The number of fused-ring (bicyclic) bond motifs is 1. The van der Waals surface area contributed by atoms with E-state index in [1.807, 2.05) is 12.1 Å². The van der Waals surface area contributed by atoms with Crippen LogP contribution in [0.3, 0.4) is 0 Å². The zero-order valence-electron chi connectivity index (χ0n) is 26.1. The highest BCUT2D eigenvalue weighted by Gasteiger charge is 2.46. The van der Waals surface area contributed by atoms with E-state index in [1.54, 1.807) is 10.6 Å². The summed E-state index contributed by atoms with van der Waals surface area (Å²) in [5.41, 5.74) is 8.32. The second kappa shape index (κ2) is 13.7. The summed E-state index contributed by atoms with van der Waals surface area (Å²) in [4.78, 5) is 17.5. The van der Waals surface area contributed by atoms with Crippen LogP contribution in [0.15, 0.2) is 18.2 Å². The topological polar surface area (TPSA) is 101 Å². The highest BCUT2D eigenvalue weighted by Crippen LogP contribution is 2.44. The fraction of sp³-hybridized carbons (Fsp3) is 0.733. The first-order valence-electron chi connectivity index (χ1n) is 15.3. The fourth-order valence-corrected chi connectivity index (χ4v) is 5.89. The molecule has 1 aromatic heterocycles. The van der Waals surface area contributed by atoms with Crippen LogP contribution in [-0.2, 0) is 25.7 Å². The molecule has 0 saturated heterocycles. The third-order valence-corrected chi connectivity index (χ3v) is 9.82. The summed E-state index contributed by atoms with van der Waals surface area (Å²) in [6, 6.07) is 4.80. The molecule has 2 fully saturated rings. The first kappa shape index (κ1) is 34.7. The zero-order valence-corrected chi connectivity index (χ0v) is 27.1. The molecule has 8 nitrogen and oxygen atoms in total. The number of amides is 1. The summed E-state index contributed by atoms with van der Waals surface area (Å²) in [5.74, 6) is -3.08. The Morgan fingerprint density at radius 1 is 1.20 bits per heavy atom. The second-order valence-electron chi connectivity index (χ2n) is 13.5. The standard InChI is InChI=1S/C30H45F5N4O4Si/c1-18(43-19(2)30(33,34)35)27(36)28-38-23-13-21(6-9-25(23)39(28)17-41-10-11-44(3,4)5)24(16-42-22-7-8-22)37-26(40)12-20-14-29(31,32)15-20/h6,9,13,18-20,22,24,27H,7-8,10-12,14-17,36H2,1-5H3,(H,37,40)/t18-,19+,24-,27+/m1/s1. The van der Waals surface area contributed by atoms with Crippen LogP contribution in [0.1, 0.15) is 69.4 Å². The van der Waals surface area contributed by atoms with Crippen molar-refractivity contribution < 1.29 is 41.0 Å². The molecule has 2 aliphatic carbocycles. The smallest absolute Gasteiger partial charge is 0.376 e. The quantitative estimate of drug-likeness (QED) is 0.123. The van der Waals surface area contributed by atoms with Crippen molar-refractivity contribution in [3.05, 3.63) is 29.6 Å². The summed E-state index contributed by atoms with van der Waals surface area (Å²) < 4.78 is 85.1.